The molecule has 2 fully saturated rings. The maximum atomic E-state index is 13.2. The number of nitrogen functional groups attached to an aromatic ring is 1. The second-order valence-electron chi connectivity index (χ2n) is 8.15. The third-order valence-electron chi connectivity index (χ3n) is 5.77. The summed E-state index contributed by atoms with van der Waals surface area (Å²) in [4.78, 5) is 27.2. The lowest BCUT2D eigenvalue weighted by Gasteiger charge is -2.31. The number of carbonyl (C=O) groups is 2. The van der Waals surface area contributed by atoms with Crippen molar-refractivity contribution in [2.45, 2.75) is 4.90 Å². The third kappa shape index (κ3) is 6.08. The summed E-state index contributed by atoms with van der Waals surface area (Å²) in [5.74, 6) is -1.44. The van der Waals surface area contributed by atoms with E-state index in [0.29, 0.717) is 50.2 Å². The molecule has 0 spiro atoms. The molecule has 2 aromatic carbocycles. The molecular formula is C23H27ClN4O7S. The number of carbonyl (C=O) groups excluding carboxylic acids is 2. The predicted octanol–water partition coefficient (Wildman–Crippen LogP) is 1.58. The smallest absolute Gasteiger partial charge is 0.340 e. The first kappa shape index (κ1) is 26.2. The predicted molar refractivity (Wildman–Crippen MR) is 134 cm³/mol. The monoisotopic (exact) mass is 538 g/mol. The van der Waals surface area contributed by atoms with Gasteiger partial charge in [-0.05, 0) is 36.4 Å². The minimum Gasteiger partial charge on any atom is -0.452 e. The molecule has 0 saturated carbocycles. The van der Waals surface area contributed by atoms with E-state index in [1.54, 1.807) is 6.07 Å². The van der Waals surface area contributed by atoms with Crippen molar-refractivity contribution in [2.24, 2.45) is 0 Å². The molecule has 2 aliphatic rings. The van der Waals surface area contributed by atoms with Gasteiger partial charge in [0.1, 0.15) is 0 Å². The zero-order valence-corrected chi connectivity index (χ0v) is 21.0. The van der Waals surface area contributed by atoms with Gasteiger partial charge in [0.2, 0.25) is 10.0 Å². The summed E-state index contributed by atoms with van der Waals surface area (Å²) in [6, 6.07) is 8.96. The second kappa shape index (κ2) is 11.4. The highest BCUT2D eigenvalue weighted by molar-refractivity contribution is 7.89. The minimum absolute atomic E-state index is 0.0420. The maximum absolute atomic E-state index is 13.2. The second-order valence-corrected chi connectivity index (χ2v) is 10.5. The first-order valence-corrected chi connectivity index (χ1v) is 13.1. The number of halogens is 1. The fourth-order valence-electron chi connectivity index (χ4n) is 3.89. The van der Waals surface area contributed by atoms with Crippen LogP contribution in [0.25, 0.3) is 0 Å². The number of nitrogens with one attached hydrogen (secondary N) is 1. The number of anilines is 3. The number of rotatable bonds is 7. The summed E-state index contributed by atoms with van der Waals surface area (Å²) in [5, 5.41) is 2.99. The van der Waals surface area contributed by atoms with Gasteiger partial charge in [-0.15, -0.1) is 0 Å². The molecule has 0 bridgehead atoms. The van der Waals surface area contributed by atoms with Crippen LogP contribution in [0, 0.1) is 0 Å². The Labute approximate surface area is 214 Å². The first-order valence-electron chi connectivity index (χ1n) is 11.3. The molecule has 13 heteroatoms. The number of esters is 1. The van der Waals surface area contributed by atoms with E-state index < -0.39 is 28.5 Å². The zero-order valence-electron chi connectivity index (χ0n) is 19.4. The van der Waals surface area contributed by atoms with Crippen molar-refractivity contribution in [1.29, 1.82) is 0 Å². The quantitative estimate of drug-likeness (QED) is 0.397. The first-order chi connectivity index (χ1) is 17.3. The largest absolute Gasteiger partial charge is 0.452 e. The Kier molecular flexibility index (Phi) is 8.32. The van der Waals surface area contributed by atoms with Gasteiger partial charge in [-0.3, -0.25) is 4.79 Å². The van der Waals surface area contributed by atoms with E-state index in [1.165, 1.54) is 34.6 Å². The summed E-state index contributed by atoms with van der Waals surface area (Å²) in [6.07, 6.45) is 0. The molecule has 36 heavy (non-hydrogen) atoms. The highest BCUT2D eigenvalue weighted by Crippen LogP contribution is 2.31. The molecule has 0 aromatic heterocycles. The van der Waals surface area contributed by atoms with Crippen molar-refractivity contribution >= 4 is 50.6 Å². The lowest BCUT2D eigenvalue weighted by Crippen LogP contribution is -2.40. The van der Waals surface area contributed by atoms with E-state index >= 15 is 0 Å². The number of nitrogens with zero attached hydrogens (tertiary/aromatic N) is 2. The van der Waals surface area contributed by atoms with Crippen LogP contribution in [0.15, 0.2) is 41.3 Å². The normalized spacial score (nSPS) is 17.0. The number of hydrogen-bond donors (Lipinski definition) is 2. The van der Waals surface area contributed by atoms with Gasteiger partial charge < -0.3 is 30.2 Å². The van der Waals surface area contributed by atoms with E-state index in [9.17, 15) is 18.0 Å². The Bertz CT molecular complexity index is 1230. The van der Waals surface area contributed by atoms with Crippen LogP contribution in [-0.2, 0) is 29.0 Å². The van der Waals surface area contributed by atoms with E-state index in [4.69, 9.17) is 31.5 Å². The fraction of sp³-hybridized carbons (Fsp3) is 0.391. The molecule has 0 aliphatic carbocycles. The number of sulfonamides is 1. The molecule has 2 saturated heterocycles. The summed E-state index contributed by atoms with van der Waals surface area (Å²) < 4.78 is 43.5. The highest BCUT2D eigenvalue weighted by atomic mass is 35.5. The highest BCUT2D eigenvalue weighted by Gasteiger charge is 2.28. The summed E-state index contributed by atoms with van der Waals surface area (Å²) >= 11 is 5.91. The molecule has 2 heterocycles. The molecule has 0 atom stereocenters. The molecule has 4 rings (SSSR count). The Morgan fingerprint density at radius 2 is 1.67 bits per heavy atom. The number of morpholine rings is 2. The molecule has 2 aliphatic heterocycles. The Morgan fingerprint density at radius 3 is 2.36 bits per heavy atom. The Balaban J connectivity index is 1.53. The van der Waals surface area contributed by atoms with Crippen LogP contribution < -0.4 is 16.0 Å². The van der Waals surface area contributed by atoms with Gasteiger partial charge in [0, 0.05) is 36.9 Å². The standard InChI is InChI=1S/C23H27ClN4O7S/c24-16-1-3-19(25)18(13-16)23(30)35-15-22(29)26-20-14-17(36(31,32)28-7-11-34-12-8-28)2-4-21(20)27-5-9-33-10-6-27/h1-4,13-14H,5-12,15,25H2,(H,26,29). The molecular weight excluding hydrogens is 512 g/mol. The van der Waals surface area contributed by atoms with Crippen LogP contribution in [0.5, 0.6) is 0 Å². The number of hydrogen-bond acceptors (Lipinski definition) is 9. The SMILES string of the molecule is Nc1ccc(Cl)cc1C(=O)OCC(=O)Nc1cc(S(=O)(=O)N2CCOCC2)ccc1N1CCOCC1. The number of ether oxygens (including phenoxy) is 3. The van der Waals surface area contributed by atoms with Gasteiger partial charge in [0.25, 0.3) is 5.91 Å². The molecule has 1 amide bonds. The topological polar surface area (TPSA) is 140 Å². The maximum Gasteiger partial charge on any atom is 0.340 e. The average Bonchev–Trinajstić information content (AvgIpc) is 2.89. The number of nitrogens with two attached hydrogens (primary N) is 1. The molecule has 2 aromatic rings. The van der Waals surface area contributed by atoms with Crippen molar-refractivity contribution in [3.8, 4) is 0 Å². The van der Waals surface area contributed by atoms with Crippen molar-refractivity contribution in [3.63, 3.8) is 0 Å². The summed E-state index contributed by atoms with van der Waals surface area (Å²) in [5.41, 5.74) is 6.93. The van der Waals surface area contributed by atoms with Gasteiger partial charge in [0.15, 0.2) is 6.61 Å². The summed E-state index contributed by atoms with van der Waals surface area (Å²) in [7, 11) is -3.79. The van der Waals surface area contributed by atoms with Crippen molar-refractivity contribution in [1.82, 2.24) is 4.31 Å². The van der Waals surface area contributed by atoms with Gasteiger partial charge in [-0.1, -0.05) is 11.6 Å². The van der Waals surface area contributed by atoms with Crippen molar-refractivity contribution in [2.75, 3.05) is 75.2 Å². The van der Waals surface area contributed by atoms with Gasteiger partial charge >= 0.3 is 5.97 Å². The van der Waals surface area contributed by atoms with Gasteiger partial charge in [0.05, 0.1) is 48.3 Å². The fourth-order valence-corrected chi connectivity index (χ4v) is 5.50. The van der Waals surface area contributed by atoms with Crippen molar-refractivity contribution < 1.29 is 32.2 Å². The van der Waals surface area contributed by atoms with E-state index in [2.05, 4.69) is 5.32 Å². The zero-order chi connectivity index (χ0) is 25.7. The number of amides is 1. The Hall–Kier alpha value is -2.90. The van der Waals surface area contributed by atoms with Gasteiger partial charge in [-0.25, -0.2) is 13.2 Å². The molecule has 0 radical (unpaired) electrons. The summed E-state index contributed by atoms with van der Waals surface area (Å²) in [6.45, 7) is 2.67. The minimum atomic E-state index is -3.79. The third-order valence-corrected chi connectivity index (χ3v) is 7.90. The lowest BCUT2D eigenvalue weighted by atomic mass is 10.2. The van der Waals surface area contributed by atoms with Crippen LogP contribution in [0.1, 0.15) is 10.4 Å². The van der Waals surface area contributed by atoms with Crippen LogP contribution in [-0.4, -0.2) is 83.8 Å². The van der Waals surface area contributed by atoms with Crippen molar-refractivity contribution in [3.05, 3.63) is 47.0 Å². The van der Waals surface area contributed by atoms with Crippen LogP contribution in [0.2, 0.25) is 5.02 Å². The number of benzene rings is 2. The van der Waals surface area contributed by atoms with Crippen LogP contribution in [0.4, 0.5) is 17.1 Å². The van der Waals surface area contributed by atoms with E-state index in [-0.39, 0.29) is 34.9 Å². The van der Waals surface area contributed by atoms with E-state index in [0.717, 1.165) is 0 Å². The van der Waals surface area contributed by atoms with Crippen LogP contribution >= 0.6 is 11.6 Å². The van der Waals surface area contributed by atoms with Gasteiger partial charge in [-0.2, -0.15) is 4.31 Å². The Morgan fingerprint density at radius 1 is 1.00 bits per heavy atom. The molecule has 3 N–H and O–H groups in total. The average molecular weight is 539 g/mol. The van der Waals surface area contributed by atoms with Crippen LogP contribution in [0.3, 0.4) is 0 Å². The molecule has 194 valence electrons. The molecule has 0 unspecified atom stereocenters. The van der Waals surface area contributed by atoms with E-state index in [1.807, 2.05) is 4.90 Å². The molecule has 11 nitrogen and oxygen atoms in total. The lowest BCUT2D eigenvalue weighted by molar-refractivity contribution is -0.119.